The fraction of sp³-hybridized carbons (Fsp3) is 0.393. The van der Waals surface area contributed by atoms with E-state index in [1.807, 2.05) is 36.2 Å². The van der Waals surface area contributed by atoms with E-state index in [0.717, 1.165) is 47.5 Å². The second kappa shape index (κ2) is 11.1. The first kappa shape index (κ1) is 25.2. The molecule has 0 bridgehead atoms. The molecule has 33 heavy (non-hydrogen) atoms. The van der Waals surface area contributed by atoms with Gasteiger partial charge in [0.25, 0.3) is 0 Å². The van der Waals surface area contributed by atoms with Gasteiger partial charge in [-0.2, -0.15) is 5.10 Å². The van der Waals surface area contributed by atoms with Gasteiger partial charge in [-0.1, -0.05) is 38.5 Å². The van der Waals surface area contributed by atoms with Crippen LogP contribution in [0.5, 0.6) is 0 Å². The van der Waals surface area contributed by atoms with Gasteiger partial charge in [0.15, 0.2) is 0 Å². The van der Waals surface area contributed by atoms with Crippen LogP contribution in [0.2, 0.25) is 0 Å². The van der Waals surface area contributed by atoms with E-state index in [1.54, 1.807) is 30.0 Å². The van der Waals surface area contributed by atoms with E-state index in [-0.39, 0.29) is 17.2 Å². The van der Waals surface area contributed by atoms with Crippen LogP contribution >= 0.6 is 11.8 Å². The Morgan fingerprint density at radius 1 is 1.27 bits per heavy atom. The molecule has 1 heterocycles. The lowest BCUT2D eigenvalue weighted by Gasteiger charge is -2.38. The van der Waals surface area contributed by atoms with E-state index >= 15 is 4.39 Å². The van der Waals surface area contributed by atoms with Crippen LogP contribution in [0.25, 0.3) is 11.8 Å². The molecule has 1 aromatic heterocycles. The number of nitrogens with zero attached hydrogens (tertiary/aromatic N) is 2. The molecule has 0 N–H and O–H groups in total. The summed E-state index contributed by atoms with van der Waals surface area (Å²) >= 11 is 1.58. The molecule has 5 heteroatoms. The zero-order valence-corrected chi connectivity index (χ0v) is 20.7. The first-order chi connectivity index (χ1) is 16.0. The summed E-state index contributed by atoms with van der Waals surface area (Å²) in [6.45, 7) is 13.8. The minimum Gasteiger partial charge on any atom is -0.242 e. The van der Waals surface area contributed by atoms with Crippen LogP contribution < -0.4 is 0 Å². The number of alkyl halides is 1. The van der Waals surface area contributed by atoms with Gasteiger partial charge in [-0.3, -0.25) is 0 Å². The molecule has 4 rings (SSSR count). The van der Waals surface area contributed by atoms with Crippen LogP contribution in [-0.4, -0.2) is 21.7 Å². The number of fused-ring (bicyclic) bond motifs is 2. The molecule has 1 fully saturated rings. The van der Waals surface area contributed by atoms with E-state index in [4.69, 9.17) is 0 Å². The SMILES string of the molecule is C=CCS/C=C(\CC=C)C(F)C1CCC2=Cc3c(cnn3-c3ccc(F)cc3)CC21C.CC. The van der Waals surface area contributed by atoms with E-state index in [0.29, 0.717) is 6.42 Å². The summed E-state index contributed by atoms with van der Waals surface area (Å²) in [5.74, 6) is 0.432. The van der Waals surface area contributed by atoms with E-state index in [1.165, 1.54) is 17.7 Å². The Bertz CT molecular complexity index is 1030. The maximum Gasteiger partial charge on any atom is 0.126 e. The highest BCUT2D eigenvalue weighted by molar-refractivity contribution is 8.02. The fourth-order valence-electron chi connectivity index (χ4n) is 5.01. The van der Waals surface area contributed by atoms with Gasteiger partial charge in [0, 0.05) is 11.7 Å². The van der Waals surface area contributed by atoms with Gasteiger partial charge < -0.3 is 0 Å². The lowest BCUT2D eigenvalue weighted by molar-refractivity contribution is 0.159. The second-order valence-corrected chi connectivity index (χ2v) is 9.46. The molecule has 3 atom stereocenters. The molecule has 176 valence electrons. The number of rotatable bonds is 8. The lowest BCUT2D eigenvalue weighted by Crippen LogP contribution is -2.35. The minimum atomic E-state index is -1.00. The summed E-state index contributed by atoms with van der Waals surface area (Å²) in [6.07, 6.45) is 9.72. The van der Waals surface area contributed by atoms with E-state index < -0.39 is 6.17 Å². The third kappa shape index (κ3) is 5.08. The number of hydrogen-bond donors (Lipinski definition) is 0. The molecule has 0 spiro atoms. The van der Waals surface area contributed by atoms with Crippen molar-refractivity contribution in [2.75, 3.05) is 5.75 Å². The molecule has 0 radical (unpaired) electrons. The quantitative estimate of drug-likeness (QED) is 0.288. The van der Waals surface area contributed by atoms with Crippen molar-refractivity contribution in [2.45, 2.75) is 52.6 Å². The van der Waals surface area contributed by atoms with Gasteiger partial charge >= 0.3 is 0 Å². The van der Waals surface area contributed by atoms with Crippen molar-refractivity contribution in [2.24, 2.45) is 11.3 Å². The number of halogens is 2. The van der Waals surface area contributed by atoms with Gasteiger partial charge in [-0.05, 0) is 78.0 Å². The van der Waals surface area contributed by atoms with Crippen LogP contribution in [0.3, 0.4) is 0 Å². The van der Waals surface area contributed by atoms with Crippen molar-refractivity contribution in [1.82, 2.24) is 9.78 Å². The molecule has 1 aromatic carbocycles. The van der Waals surface area contributed by atoms with Crippen molar-refractivity contribution >= 4 is 17.8 Å². The summed E-state index contributed by atoms with van der Waals surface area (Å²) in [5, 5.41) is 6.52. The molecule has 3 unspecified atom stereocenters. The fourth-order valence-corrected chi connectivity index (χ4v) is 5.68. The third-order valence-electron chi connectivity index (χ3n) is 6.64. The highest BCUT2D eigenvalue weighted by Gasteiger charge is 2.49. The Kier molecular flexibility index (Phi) is 8.52. The van der Waals surface area contributed by atoms with Crippen molar-refractivity contribution < 1.29 is 8.78 Å². The number of thioether (sulfide) groups is 1. The summed E-state index contributed by atoms with van der Waals surface area (Å²) in [7, 11) is 0. The van der Waals surface area contributed by atoms with Crippen LogP contribution in [0.15, 0.2) is 72.3 Å². The number of benzene rings is 1. The summed E-state index contributed by atoms with van der Waals surface area (Å²) in [5.41, 5.74) is 4.84. The van der Waals surface area contributed by atoms with Gasteiger partial charge in [-0.25, -0.2) is 13.5 Å². The van der Waals surface area contributed by atoms with E-state index in [2.05, 4.69) is 31.3 Å². The normalized spacial score (nSPS) is 22.4. The largest absolute Gasteiger partial charge is 0.242 e. The van der Waals surface area contributed by atoms with Gasteiger partial charge in [0.2, 0.25) is 0 Å². The maximum absolute atomic E-state index is 15.8. The predicted molar refractivity (Wildman–Crippen MR) is 138 cm³/mol. The maximum atomic E-state index is 15.8. The molecule has 2 aromatic rings. The highest BCUT2D eigenvalue weighted by Crippen LogP contribution is 2.55. The second-order valence-electron chi connectivity index (χ2n) is 8.56. The molecule has 0 amide bonds. The summed E-state index contributed by atoms with van der Waals surface area (Å²) in [4.78, 5) is 0. The average Bonchev–Trinajstić information content (AvgIpc) is 3.38. The number of allylic oxidation sites excluding steroid dienone is 3. The number of aromatic nitrogens is 2. The third-order valence-corrected chi connectivity index (χ3v) is 7.54. The van der Waals surface area contributed by atoms with Gasteiger partial charge in [0.1, 0.15) is 12.0 Å². The predicted octanol–water partition coefficient (Wildman–Crippen LogP) is 8.11. The molecule has 1 saturated carbocycles. The molecule has 0 aliphatic heterocycles. The van der Waals surface area contributed by atoms with Crippen molar-refractivity contribution in [1.29, 1.82) is 0 Å². The van der Waals surface area contributed by atoms with Crippen molar-refractivity contribution in [3.63, 3.8) is 0 Å². The summed E-state index contributed by atoms with van der Waals surface area (Å²) in [6, 6.07) is 6.36. The van der Waals surface area contributed by atoms with Crippen LogP contribution in [-0.2, 0) is 6.42 Å². The standard InChI is InChI=1S/C26H28F2N2S.C2H6/c1-4-6-18(17-31-13-5-2)25(28)23-12-7-20-14-24-19(15-26(20,23)3)16-29-30(24)22-10-8-21(27)9-11-22;1-2/h4-5,8-11,14,16-17,23,25H,1-2,6-7,12-13,15H2,3H3;1-2H3/b18-17+;. The average molecular weight is 469 g/mol. The van der Waals surface area contributed by atoms with Crippen molar-refractivity contribution in [3.8, 4) is 5.69 Å². The number of hydrogen-bond acceptors (Lipinski definition) is 2. The highest BCUT2D eigenvalue weighted by atomic mass is 32.2. The molecule has 2 aliphatic carbocycles. The Balaban J connectivity index is 0.00000149. The molecule has 2 nitrogen and oxygen atoms in total. The van der Waals surface area contributed by atoms with Crippen molar-refractivity contribution in [3.05, 3.63) is 89.4 Å². The lowest BCUT2D eigenvalue weighted by atomic mass is 9.67. The first-order valence-electron chi connectivity index (χ1n) is 11.7. The topological polar surface area (TPSA) is 17.8 Å². The Hall–Kier alpha value is -2.40. The van der Waals surface area contributed by atoms with E-state index in [9.17, 15) is 4.39 Å². The molecule has 2 aliphatic rings. The Labute approximate surface area is 201 Å². The minimum absolute atomic E-state index is 0.0726. The van der Waals surface area contributed by atoms with Crippen LogP contribution in [0.1, 0.15) is 51.3 Å². The van der Waals surface area contributed by atoms with Gasteiger partial charge in [-0.15, -0.1) is 24.9 Å². The summed E-state index contributed by atoms with van der Waals surface area (Å²) < 4.78 is 31.0. The first-order valence-corrected chi connectivity index (χ1v) is 12.7. The smallest absolute Gasteiger partial charge is 0.126 e. The Morgan fingerprint density at radius 2 is 2.00 bits per heavy atom. The zero-order valence-electron chi connectivity index (χ0n) is 19.9. The zero-order chi connectivity index (χ0) is 24.0. The molecule has 0 saturated heterocycles. The monoisotopic (exact) mass is 468 g/mol. The van der Waals surface area contributed by atoms with Crippen LogP contribution in [0.4, 0.5) is 8.78 Å². The molecular weight excluding hydrogens is 434 g/mol. The van der Waals surface area contributed by atoms with Gasteiger partial charge in [0.05, 0.1) is 17.6 Å². The van der Waals surface area contributed by atoms with Crippen LogP contribution in [0, 0.1) is 17.2 Å². The molecular formula is C28H34F2N2S. The Morgan fingerprint density at radius 3 is 2.67 bits per heavy atom.